The molecule has 0 aliphatic rings. The number of benzene rings is 3. The largest absolute Gasteiger partial charge is 0.471 e. The van der Waals surface area contributed by atoms with Gasteiger partial charge in [-0.1, -0.05) is 58.4 Å². The fourth-order valence-electron chi connectivity index (χ4n) is 3.03. The number of para-hydroxylation sites is 3. The van der Waals surface area contributed by atoms with Crippen LogP contribution in [0.15, 0.2) is 89.4 Å². The minimum atomic E-state index is -4.99. The Labute approximate surface area is 190 Å². The van der Waals surface area contributed by atoms with Gasteiger partial charge in [0.05, 0.1) is 22.8 Å². The first-order valence-electron chi connectivity index (χ1n) is 9.47. The molecular formula is C23H16BrF3N4O. The van der Waals surface area contributed by atoms with Crippen LogP contribution in [0.3, 0.4) is 0 Å². The molecule has 0 aliphatic heterocycles. The molecule has 0 fully saturated rings. The van der Waals surface area contributed by atoms with E-state index in [0.29, 0.717) is 17.2 Å². The Bertz CT molecular complexity index is 1240. The van der Waals surface area contributed by atoms with Gasteiger partial charge in [0.1, 0.15) is 5.82 Å². The summed E-state index contributed by atoms with van der Waals surface area (Å²) in [6.45, 7) is 0. The second kappa shape index (κ2) is 8.88. The molecule has 0 atom stereocenters. The highest BCUT2D eigenvalue weighted by molar-refractivity contribution is 9.10. The van der Waals surface area contributed by atoms with Crippen LogP contribution in [0, 0.1) is 0 Å². The number of carbonyl (C=O) groups is 1. The van der Waals surface area contributed by atoms with Crippen molar-refractivity contribution in [2.24, 2.45) is 0 Å². The number of carbonyl (C=O) groups excluding carboxylic acids is 1. The summed E-state index contributed by atoms with van der Waals surface area (Å²) in [5, 5.41) is 9.70. The summed E-state index contributed by atoms with van der Waals surface area (Å²) in [7, 11) is 0. The number of rotatable bonds is 5. The number of aromatic nitrogens is 2. The van der Waals surface area contributed by atoms with Gasteiger partial charge in [-0.25, -0.2) is 4.68 Å². The second-order valence-corrected chi connectivity index (χ2v) is 7.71. The van der Waals surface area contributed by atoms with Crippen molar-refractivity contribution in [3.05, 3.63) is 89.4 Å². The smallest absolute Gasteiger partial charge is 0.338 e. The summed E-state index contributed by atoms with van der Waals surface area (Å²) in [5.41, 5.74) is 2.59. The number of halogens is 4. The summed E-state index contributed by atoms with van der Waals surface area (Å²) >= 11 is 3.41. The topological polar surface area (TPSA) is 59.0 Å². The maximum Gasteiger partial charge on any atom is 0.471 e. The molecule has 5 nitrogen and oxygen atoms in total. The monoisotopic (exact) mass is 500 g/mol. The first-order valence-corrected chi connectivity index (χ1v) is 10.3. The Hall–Kier alpha value is -3.59. The lowest BCUT2D eigenvalue weighted by Gasteiger charge is -2.15. The Balaban J connectivity index is 1.74. The van der Waals surface area contributed by atoms with E-state index < -0.39 is 12.1 Å². The van der Waals surface area contributed by atoms with Crippen LogP contribution < -0.4 is 10.6 Å². The molecule has 0 aliphatic carbocycles. The van der Waals surface area contributed by atoms with E-state index in [1.807, 2.05) is 59.9 Å². The number of hydrogen-bond donors (Lipinski definition) is 2. The zero-order valence-corrected chi connectivity index (χ0v) is 18.0. The molecule has 4 aromatic rings. The molecule has 0 saturated carbocycles. The number of anilines is 3. The normalized spacial score (nSPS) is 11.2. The summed E-state index contributed by atoms with van der Waals surface area (Å²) < 4.78 is 40.8. The number of nitrogens with one attached hydrogen (secondary N) is 2. The molecule has 0 unspecified atom stereocenters. The Morgan fingerprint density at radius 2 is 1.50 bits per heavy atom. The predicted octanol–water partition coefficient (Wildman–Crippen LogP) is 6.55. The molecule has 0 bridgehead atoms. The number of hydrogen-bond acceptors (Lipinski definition) is 3. The second-order valence-electron chi connectivity index (χ2n) is 6.79. The van der Waals surface area contributed by atoms with Crippen molar-refractivity contribution in [2.45, 2.75) is 6.18 Å². The summed E-state index contributed by atoms with van der Waals surface area (Å²) in [6, 6.07) is 24.9. The molecule has 3 aromatic carbocycles. The molecule has 2 N–H and O–H groups in total. The quantitative estimate of drug-likeness (QED) is 0.326. The Morgan fingerprint density at radius 1 is 0.875 bits per heavy atom. The van der Waals surface area contributed by atoms with E-state index in [1.165, 1.54) is 6.07 Å². The van der Waals surface area contributed by atoms with Gasteiger partial charge < -0.3 is 10.6 Å². The first-order chi connectivity index (χ1) is 15.3. The van der Waals surface area contributed by atoms with Crippen LogP contribution in [-0.4, -0.2) is 21.9 Å². The lowest BCUT2D eigenvalue weighted by atomic mass is 10.1. The SMILES string of the molecule is O=C(Nc1ccccc1Nc1cc(-c2ccc(Br)cc2)nn1-c1ccccc1)C(F)(F)F. The zero-order chi connectivity index (χ0) is 22.7. The van der Waals surface area contributed by atoms with Gasteiger partial charge in [0.15, 0.2) is 0 Å². The third-order valence-electron chi connectivity index (χ3n) is 4.55. The molecule has 9 heteroatoms. The van der Waals surface area contributed by atoms with E-state index in [-0.39, 0.29) is 5.69 Å². The lowest BCUT2D eigenvalue weighted by Crippen LogP contribution is -2.30. The van der Waals surface area contributed by atoms with Crippen molar-refractivity contribution >= 4 is 39.0 Å². The number of amides is 1. The van der Waals surface area contributed by atoms with Crippen molar-refractivity contribution in [1.82, 2.24) is 9.78 Å². The molecule has 1 heterocycles. The molecule has 0 spiro atoms. The average Bonchev–Trinajstić information content (AvgIpc) is 3.19. The molecule has 1 aromatic heterocycles. The predicted molar refractivity (Wildman–Crippen MR) is 121 cm³/mol. The van der Waals surface area contributed by atoms with E-state index in [0.717, 1.165) is 15.7 Å². The minimum Gasteiger partial charge on any atom is -0.338 e. The van der Waals surface area contributed by atoms with Crippen molar-refractivity contribution in [1.29, 1.82) is 0 Å². The van der Waals surface area contributed by atoms with Crippen molar-refractivity contribution in [3.63, 3.8) is 0 Å². The third-order valence-corrected chi connectivity index (χ3v) is 5.07. The lowest BCUT2D eigenvalue weighted by molar-refractivity contribution is -0.167. The highest BCUT2D eigenvalue weighted by atomic mass is 79.9. The van der Waals surface area contributed by atoms with Gasteiger partial charge in [-0.2, -0.15) is 18.3 Å². The molecular weight excluding hydrogens is 485 g/mol. The van der Waals surface area contributed by atoms with Gasteiger partial charge >= 0.3 is 12.1 Å². The van der Waals surface area contributed by atoms with Crippen LogP contribution in [-0.2, 0) is 4.79 Å². The number of alkyl halides is 3. The van der Waals surface area contributed by atoms with Crippen LogP contribution >= 0.6 is 15.9 Å². The third kappa shape index (κ3) is 4.83. The van der Waals surface area contributed by atoms with E-state index in [9.17, 15) is 18.0 Å². The van der Waals surface area contributed by atoms with E-state index in [2.05, 4.69) is 26.3 Å². The van der Waals surface area contributed by atoms with Crippen LogP contribution in [0.4, 0.5) is 30.4 Å². The van der Waals surface area contributed by atoms with Crippen molar-refractivity contribution in [2.75, 3.05) is 10.6 Å². The maximum atomic E-state index is 12.7. The average molecular weight is 501 g/mol. The van der Waals surface area contributed by atoms with E-state index in [4.69, 9.17) is 0 Å². The van der Waals surface area contributed by atoms with Gasteiger partial charge in [0, 0.05) is 16.1 Å². The van der Waals surface area contributed by atoms with Crippen molar-refractivity contribution in [3.8, 4) is 16.9 Å². The zero-order valence-electron chi connectivity index (χ0n) is 16.4. The van der Waals surface area contributed by atoms with Crippen LogP contribution in [0.2, 0.25) is 0 Å². The summed E-state index contributed by atoms with van der Waals surface area (Å²) in [5.74, 6) is -1.53. The van der Waals surface area contributed by atoms with Crippen LogP contribution in [0.1, 0.15) is 0 Å². The number of nitrogens with zero attached hydrogens (tertiary/aromatic N) is 2. The molecule has 162 valence electrons. The van der Waals surface area contributed by atoms with Gasteiger partial charge in [-0.05, 0) is 36.4 Å². The molecule has 0 radical (unpaired) electrons. The van der Waals surface area contributed by atoms with Gasteiger partial charge in [0.2, 0.25) is 0 Å². The molecule has 0 saturated heterocycles. The van der Waals surface area contributed by atoms with Gasteiger partial charge in [0.25, 0.3) is 0 Å². The fraction of sp³-hybridized carbons (Fsp3) is 0.0435. The summed E-state index contributed by atoms with van der Waals surface area (Å²) in [4.78, 5) is 11.5. The maximum absolute atomic E-state index is 12.7. The standard InChI is InChI=1S/C23H16BrF3N4O/c24-16-12-10-15(11-13-16)20-14-21(31(30-20)17-6-2-1-3-7-17)28-18-8-4-5-9-19(18)29-22(32)23(25,26)27/h1-14,28H,(H,29,32). The van der Waals surface area contributed by atoms with E-state index in [1.54, 1.807) is 28.9 Å². The van der Waals surface area contributed by atoms with Gasteiger partial charge in [-0.15, -0.1) is 0 Å². The van der Waals surface area contributed by atoms with Crippen LogP contribution in [0.25, 0.3) is 16.9 Å². The van der Waals surface area contributed by atoms with E-state index >= 15 is 0 Å². The summed E-state index contributed by atoms with van der Waals surface area (Å²) in [6.07, 6.45) is -4.99. The minimum absolute atomic E-state index is 0.000767. The molecule has 4 rings (SSSR count). The fourth-order valence-corrected chi connectivity index (χ4v) is 3.29. The molecule has 1 amide bonds. The van der Waals surface area contributed by atoms with Gasteiger partial charge in [-0.3, -0.25) is 4.79 Å². The Kier molecular flexibility index (Phi) is 6.00. The van der Waals surface area contributed by atoms with Crippen LogP contribution in [0.5, 0.6) is 0 Å². The first kappa shape index (κ1) is 21.6. The molecule has 32 heavy (non-hydrogen) atoms. The Morgan fingerprint density at radius 3 is 2.16 bits per heavy atom. The van der Waals surface area contributed by atoms with Crippen molar-refractivity contribution < 1.29 is 18.0 Å². The highest BCUT2D eigenvalue weighted by Gasteiger charge is 2.39. The highest BCUT2D eigenvalue weighted by Crippen LogP contribution is 2.31.